The number of hydrogen-bond acceptors (Lipinski definition) is 4. The molecular weight excluding hydrogens is 410 g/mol. The summed E-state index contributed by atoms with van der Waals surface area (Å²) in [5.74, 6) is 2.48. The van der Waals surface area contributed by atoms with Crippen molar-refractivity contribution in [3.63, 3.8) is 0 Å². The average molecular weight is 442 g/mol. The van der Waals surface area contributed by atoms with Crippen LogP contribution in [0.2, 0.25) is 0 Å². The molecule has 3 saturated carbocycles. The molecule has 1 heterocycles. The van der Waals surface area contributed by atoms with Gasteiger partial charge in [0.2, 0.25) is 0 Å². The Labute approximate surface area is 195 Å². The number of hydrogen-bond donors (Lipinski definition) is 1. The normalized spacial score (nSPS) is 32.0. The zero-order chi connectivity index (χ0) is 22.4. The van der Waals surface area contributed by atoms with Crippen LogP contribution in [-0.4, -0.2) is 16.4 Å². The second-order valence-electron chi connectivity index (χ2n) is 11.1. The van der Waals surface area contributed by atoms with Crippen molar-refractivity contribution in [2.75, 3.05) is 0 Å². The Morgan fingerprint density at radius 1 is 1.03 bits per heavy atom. The lowest BCUT2D eigenvalue weighted by atomic mass is 9.41. The van der Waals surface area contributed by atoms with Gasteiger partial charge in [-0.15, -0.1) is 0 Å². The van der Waals surface area contributed by atoms with Crippen LogP contribution in [0.15, 0.2) is 47.0 Å². The third kappa shape index (κ3) is 2.76. The molecule has 33 heavy (non-hydrogen) atoms. The maximum Gasteiger partial charge on any atom is 0.146 e. The molecule has 4 aliphatic carbocycles. The minimum atomic E-state index is -0.849. The highest BCUT2D eigenvalue weighted by molar-refractivity contribution is 5.77. The van der Waals surface area contributed by atoms with E-state index in [1.54, 1.807) is 0 Å². The van der Waals surface area contributed by atoms with Crippen LogP contribution < -0.4 is 4.74 Å². The molecule has 0 saturated heterocycles. The lowest BCUT2D eigenvalue weighted by molar-refractivity contribution is -0.184. The molecule has 4 aliphatic rings. The zero-order valence-corrected chi connectivity index (χ0v) is 19.4. The second kappa shape index (κ2) is 6.73. The third-order valence-corrected chi connectivity index (χ3v) is 8.88. The van der Waals surface area contributed by atoms with Crippen molar-refractivity contribution >= 4 is 0 Å². The van der Waals surface area contributed by atoms with E-state index >= 15 is 0 Å². The number of nitrogens with zero attached hydrogens (tertiary/aromatic N) is 1. The Bertz CT molecular complexity index is 1250. The van der Waals surface area contributed by atoms with E-state index in [4.69, 9.17) is 9.26 Å². The maximum absolute atomic E-state index is 12.2. The van der Waals surface area contributed by atoms with E-state index in [0.29, 0.717) is 5.92 Å². The van der Waals surface area contributed by atoms with Crippen LogP contribution >= 0.6 is 0 Å². The Hall–Kier alpha value is -2.59. The van der Waals surface area contributed by atoms with Crippen LogP contribution in [0.25, 0.3) is 11.3 Å². The van der Waals surface area contributed by atoms with Gasteiger partial charge in [0.25, 0.3) is 0 Å². The van der Waals surface area contributed by atoms with Crippen molar-refractivity contribution in [3.8, 4) is 17.0 Å². The van der Waals surface area contributed by atoms with Gasteiger partial charge in [0, 0.05) is 17.4 Å². The largest absolute Gasteiger partial charge is 0.490 e. The molecule has 7 rings (SSSR count). The molecule has 4 nitrogen and oxygen atoms in total. The summed E-state index contributed by atoms with van der Waals surface area (Å²) in [5.41, 5.74) is 6.12. The maximum atomic E-state index is 12.2. The molecule has 1 N–H and O–H groups in total. The van der Waals surface area contributed by atoms with Gasteiger partial charge in [0.1, 0.15) is 22.8 Å². The molecule has 4 heteroatoms. The van der Waals surface area contributed by atoms with Crippen LogP contribution in [-0.2, 0) is 5.60 Å². The van der Waals surface area contributed by atoms with Crippen LogP contribution in [0.5, 0.6) is 5.75 Å². The van der Waals surface area contributed by atoms with E-state index in [9.17, 15) is 5.11 Å². The fourth-order valence-corrected chi connectivity index (χ4v) is 7.34. The molecule has 0 bridgehead atoms. The van der Waals surface area contributed by atoms with E-state index in [-0.39, 0.29) is 17.4 Å². The summed E-state index contributed by atoms with van der Waals surface area (Å²) in [6, 6.07) is 14.9. The molecule has 2 aromatic carbocycles. The highest BCUT2D eigenvalue weighted by Crippen LogP contribution is 2.73. The van der Waals surface area contributed by atoms with Gasteiger partial charge in [-0.1, -0.05) is 35.5 Å². The number of rotatable bonds is 3. The van der Waals surface area contributed by atoms with Crippen molar-refractivity contribution in [1.29, 1.82) is 0 Å². The first-order chi connectivity index (χ1) is 16.0. The Morgan fingerprint density at radius 3 is 2.58 bits per heavy atom. The summed E-state index contributed by atoms with van der Waals surface area (Å²) >= 11 is 0. The molecule has 3 aromatic rings. The predicted octanol–water partition coefficient (Wildman–Crippen LogP) is 6.53. The topological polar surface area (TPSA) is 55.5 Å². The lowest BCUT2D eigenvalue weighted by Crippen LogP contribution is -2.60. The molecule has 2 unspecified atom stereocenters. The van der Waals surface area contributed by atoms with Gasteiger partial charge >= 0.3 is 0 Å². The summed E-state index contributed by atoms with van der Waals surface area (Å²) in [6.45, 7) is 4.27. The molecule has 0 aliphatic heterocycles. The second-order valence-corrected chi connectivity index (χ2v) is 11.1. The minimum absolute atomic E-state index is 0.115. The highest BCUT2D eigenvalue weighted by atomic mass is 16.5. The van der Waals surface area contributed by atoms with Crippen LogP contribution in [0.1, 0.15) is 84.8 Å². The smallest absolute Gasteiger partial charge is 0.146 e. The quantitative estimate of drug-likeness (QED) is 0.502. The summed E-state index contributed by atoms with van der Waals surface area (Å²) in [7, 11) is 0. The van der Waals surface area contributed by atoms with Crippen molar-refractivity contribution in [2.24, 2.45) is 5.41 Å². The number of aromatic nitrogens is 1. The Kier molecular flexibility index (Phi) is 4.04. The summed E-state index contributed by atoms with van der Waals surface area (Å²) < 4.78 is 12.3. The van der Waals surface area contributed by atoms with Crippen molar-refractivity contribution in [2.45, 2.75) is 82.3 Å². The summed E-state index contributed by atoms with van der Waals surface area (Å²) in [6.07, 6.45) is 7.59. The zero-order valence-electron chi connectivity index (χ0n) is 19.4. The summed E-state index contributed by atoms with van der Waals surface area (Å²) in [5, 5.41) is 16.7. The van der Waals surface area contributed by atoms with Gasteiger partial charge in [-0.05, 0) is 93.0 Å². The summed E-state index contributed by atoms with van der Waals surface area (Å²) in [4.78, 5) is 0. The molecule has 170 valence electrons. The molecule has 2 atom stereocenters. The number of aliphatic hydroxyl groups is 1. The Balaban J connectivity index is 1.22. The van der Waals surface area contributed by atoms with E-state index in [1.165, 1.54) is 22.3 Å². The first-order valence-electron chi connectivity index (χ1n) is 12.5. The van der Waals surface area contributed by atoms with Gasteiger partial charge in [-0.2, -0.15) is 0 Å². The standard InChI is InChI=1S/C29H31NO3/c1-17-5-3-7-21(15-17)32-20-11-13-28(14-12-20)16-29(31)24-25(30-33-26(24)19-9-10-19)23-18(2)6-4-8-22(23)27(28)29/h3-8,15,19-20,27,31H,9-14,16H2,1-2H3. The first-order valence-corrected chi connectivity index (χ1v) is 12.5. The third-order valence-electron chi connectivity index (χ3n) is 8.88. The van der Waals surface area contributed by atoms with Gasteiger partial charge in [0.05, 0.1) is 11.7 Å². The van der Waals surface area contributed by atoms with Crippen molar-refractivity contribution < 1.29 is 14.4 Å². The molecule has 1 aromatic heterocycles. The highest BCUT2D eigenvalue weighted by Gasteiger charge is 2.68. The van der Waals surface area contributed by atoms with Crippen LogP contribution in [0.4, 0.5) is 0 Å². The van der Waals surface area contributed by atoms with E-state index in [0.717, 1.165) is 67.7 Å². The van der Waals surface area contributed by atoms with Gasteiger partial charge in [-0.25, -0.2) is 0 Å². The number of ether oxygens (including phenoxy) is 1. The molecule has 3 fully saturated rings. The number of aryl methyl sites for hydroxylation is 2. The molecule has 0 amide bonds. The lowest BCUT2D eigenvalue weighted by Gasteiger charge is -2.64. The SMILES string of the molecule is Cc1cccc(OC2CCC3(CC2)CC2(O)c4c(noc4C4CC4)-c4c(C)cccc4C32)c1. The fourth-order valence-electron chi connectivity index (χ4n) is 7.34. The van der Waals surface area contributed by atoms with Gasteiger partial charge < -0.3 is 14.4 Å². The molecule has 1 spiro atoms. The van der Waals surface area contributed by atoms with Gasteiger partial charge in [0.15, 0.2) is 0 Å². The Morgan fingerprint density at radius 2 is 1.82 bits per heavy atom. The van der Waals surface area contributed by atoms with Crippen LogP contribution in [0.3, 0.4) is 0 Å². The number of benzene rings is 2. The van der Waals surface area contributed by atoms with Crippen molar-refractivity contribution in [1.82, 2.24) is 5.16 Å². The van der Waals surface area contributed by atoms with E-state index in [2.05, 4.69) is 61.5 Å². The monoisotopic (exact) mass is 441 g/mol. The van der Waals surface area contributed by atoms with E-state index < -0.39 is 5.60 Å². The predicted molar refractivity (Wildman–Crippen MR) is 126 cm³/mol. The first kappa shape index (κ1) is 19.8. The molecule has 0 radical (unpaired) electrons. The number of fused-ring (bicyclic) bond motifs is 7. The minimum Gasteiger partial charge on any atom is -0.490 e. The van der Waals surface area contributed by atoms with Crippen molar-refractivity contribution in [3.05, 3.63) is 70.5 Å². The van der Waals surface area contributed by atoms with E-state index in [1.807, 2.05) is 0 Å². The molecular formula is C29H31NO3. The van der Waals surface area contributed by atoms with Crippen LogP contribution in [0, 0.1) is 19.3 Å². The van der Waals surface area contributed by atoms with Gasteiger partial charge in [-0.3, -0.25) is 0 Å². The average Bonchev–Trinajstić information content (AvgIpc) is 3.53. The fraction of sp³-hybridized carbons (Fsp3) is 0.483.